The number of halogens is 3. The van der Waals surface area contributed by atoms with Gasteiger partial charge in [-0.25, -0.2) is 0 Å². The van der Waals surface area contributed by atoms with E-state index in [-0.39, 0.29) is 5.75 Å². The van der Waals surface area contributed by atoms with E-state index in [1.807, 2.05) is 0 Å². The normalized spacial score (nSPS) is 13.8. The first-order valence-corrected chi connectivity index (χ1v) is 3.92. The number of alkyl halides is 3. The molecule has 0 unspecified atom stereocenters. The van der Waals surface area contributed by atoms with Gasteiger partial charge in [0.1, 0.15) is 5.75 Å². The van der Waals surface area contributed by atoms with Gasteiger partial charge in [-0.1, -0.05) is 12.1 Å². The maximum Gasteiger partial charge on any atom is 0.573 e. The second-order valence-corrected chi connectivity index (χ2v) is 2.79. The molecule has 0 aliphatic carbocycles. The van der Waals surface area contributed by atoms with Crippen LogP contribution < -0.4 is 4.74 Å². The van der Waals surface area contributed by atoms with Crippen molar-refractivity contribution < 1.29 is 23.0 Å². The number of benzene rings is 1. The predicted molar refractivity (Wildman–Crippen MR) is 43.8 cm³/mol. The molecule has 0 spiro atoms. The minimum absolute atomic E-state index is 0.290. The second-order valence-electron chi connectivity index (χ2n) is 2.79. The number of aliphatic hydroxyl groups excluding tert-OH is 1. The van der Waals surface area contributed by atoms with Crippen LogP contribution in [0.5, 0.6) is 5.75 Å². The predicted octanol–water partition coefficient (Wildman–Crippen LogP) is 2.64. The second kappa shape index (κ2) is 3.88. The smallest absolute Gasteiger partial charge is 0.406 e. The van der Waals surface area contributed by atoms with Crippen LogP contribution in [0.3, 0.4) is 0 Å². The summed E-state index contributed by atoms with van der Waals surface area (Å²) >= 11 is 0. The lowest BCUT2D eigenvalue weighted by molar-refractivity contribution is -0.274. The topological polar surface area (TPSA) is 29.5 Å². The third-order valence-electron chi connectivity index (χ3n) is 1.60. The zero-order valence-corrected chi connectivity index (χ0v) is 7.38. The van der Waals surface area contributed by atoms with Crippen molar-refractivity contribution in [1.82, 2.24) is 0 Å². The molecule has 0 saturated carbocycles. The molecule has 1 aromatic carbocycles. The maximum atomic E-state index is 11.7. The molecule has 2 nitrogen and oxygen atoms in total. The first kappa shape index (κ1) is 10.8. The third-order valence-corrected chi connectivity index (χ3v) is 1.60. The lowest BCUT2D eigenvalue weighted by atomic mass is 10.1. The number of hydrogen-bond donors (Lipinski definition) is 1. The van der Waals surface area contributed by atoms with Crippen LogP contribution in [-0.2, 0) is 0 Å². The molecule has 0 fully saturated rings. The lowest BCUT2D eigenvalue weighted by Gasteiger charge is -2.09. The molecule has 0 aromatic heterocycles. The fourth-order valence-corrected chi connectivity index (χ4v) is 0.948. The van der Waals surface area contributed by atoms with Gasteiger partial charge in [0.05, 0.1) is 6.10 Å². The Hall–Kier alpha value is -1.23. The fourth-order valence-electron chi connectivity index (χ4n) is 0.948. The Morgan fingerprint density at radius 3 is 2.07 bits per heavy atom. The van der Waals surface area contributed by atoms with Crippen LogP contribution in [0.2, 0.25) is 0 Å². The fraction of sp³-hybridized carbons (Fsp3) is 0.333. The molecule has 0 bridgehead atoms. The molecule has 0 aliphatic rings. The van der Waals surface area contributed by atoms with Crippen molar-refractivity contribution in [3.05, 3.63) is 29.8 Å². The molecule has 1 aromatic rings. The Kier molecular flexibility index (Phi) is 3.00. The van der Waals surface area contributed by atoms with Crippen molar-refractivity contribution in [3.63, 3.8) is 0 Å². The minimum Gasteiger partial charge on any atom is -0.406 e. The molecule has 0 heterocycles. The minimum atomic E-state index is -4.67. The molecule has 5 heteroatoms. The van der Waals surface area contributed by atoms with Gasteiger partial charge in [0, 0.05) is 0 Å². The van der Waals surface area contributed by atoms with E-state index in [9.17, 15) is 13.2 Å². The highest BCUT2D eigenvalue weighted by molar-refractivity contribution is 5.28. The van der Waals surface area contributed by atoms with Gasteiger partial charge in [0.15, 0.2) is 0 Å². The van der Waals surface area contributed by atoms with E-state index in [1.165, 1.54) is 19.1 Å². The van der Waals surface area contributed by atoms with Crippen molar-refractivity contribution >= 4 is 0 Å². The summed E-state index contributed by atoms with van der Waals surface area (Å²) in [7, 11) is 0. The van der Waals surface area contributed by atoms with Crippen LogP contribution in [0.15, 0.2) is 24.3 Å². The quantitative estimate of drug-likeness (QED) is 0.805. The van der Waals surface area contributed by atoms with E-state index in [2.05, 4.69) is 4.74 Å². The summed E-state index contributed by atoms with van der Waals surface area (Å²) in [5, 5.41) is 9.08. The first-order valence-electron chi connectivity index (χ1n) is 3.92. The number of rotatable bonds is 2. The van der Waals surface area contributed by atoms with Gasteiger partial charge in [-0.15, -0.1) is 13.2 Å². The average Bonchev–Trinajstić information content (AvgIpc) is 2.02. The van der Waals surface area contributed by atoms with Gasteiger partial charge in [0.2, 0.25) is 0 Å². The highest BCUT2D eigenvalue weighted by atomic mass is 19.4. The SMILES string of the molecule is C[C@H](O)c1ccc(OC(F)(F)F)cc1. The van der Waals surface area contributed by atoms with E-state index in [0.29, 0.717) is 5.56 Å². The Morgan fingerprint density at radius 1 is 1.21 bits per heavy atom. The zero-order chi connectivity index (χ0) is 10.8. The van der Waals surface area contributed by atoms with E-state index in [1.54, 1.807) is 0 Å². The van der Waals surface area contributed by atoms with Crippen LogP contribution >= 0.6 is 0 Å². The van der Waals surface area contributed by atoms with Crippen molar-refractivity contribution in [1.29, 1.82) is 0 Å². The summed E-state index contributed by atoms with van der Waals surface area (Å²) in [4.78, 5) is 0. The molecule has 1 rings (SSSR count). The maximum absolute atomic E-state index is 11.7. The highest BCUT2D eigenvalue weighted by Crippen LogP contribution is 2.24. The molecule has 0 saturated heterocycles. The standard InChI is InChI=1S/C9H9F3O2/c1-6(13)7-2-4-8(5-3-7)14-9(10,11)12/h2-6,13H,1H3/t6-/m0/s1. The van der Waals surface area contributed by atoms with Gasteiger partial charge in [0.25, 0.3) is 0 Å². The van der Waals surface area contributed by atoms with Gasteiger partial charge in [-0.05, 0) is 24.6 Å². The summed E-state index contributed by atoms with van der Waals surface area (Å²) in [6.45, 7) is 1.53. The summed E-state index contributed by atoms with van der Waals surface area (Å²) in [6, 6.07) is 5.09. The molecule has 0 amide bonds. The van der Waals surface area contributed by atoms with Crippen molar-refractivity contribution in [2.45, 2.75) is 19.4 Å². The largest absolute Gasteiger partial charge is 0.573 e. The summed E-state index contributed by atoms with van der Waals surface area (Å²) in [6.07, 6.45) is -5.37. The van der Waals surface area contributed by atoms with Crippen molar-refractivity contribution in [3.8, 4) is 5.75 Å². The Morgan fingerprint density at radius 2 is 1.71 bits per heavy atom. The van der Waals surface area contributed by atoms with Crippen LogP contribution in [0.4, 0.5) is 13.2 Å². The summed E-state index contributed by atoms with van der Waals surface area (Å²) in [5.41, 5.74) is 0.541. The number of aliphatic hydroxyl groups is 1. The van der Waals surface area contributed by atoms with E-state index in [0.717, 1.165) is 12.1 Å². The molecule has 78 valence electrons. The summed E-state index contributed by atoms with van der Waals surface area (Å²) < 4.78 is 38.8. The number of ether oxygens (including phenoxy) is 1. The lowest BCUT2D eigenvalue weighted by Crippen LogP contribution is -2.17. The molecule has 0 radical (unpaired) electrons. The van der Waals surface area contributed by atoms with Crippen LogP contribution in [0.25, 0.3) is 0 Å². The Labute approximate surface area is 78.9 Å². The van der Waals surface area contributed by atoms with Crippen LogP contribution in [-0.4, -0.2) is 11.5 Å². The number of hydrogen-bond acceptors (Lipinski definition) is 2. The van der Waals surface area contributed by atoms with Gasteiger partial charge < -0.3 is 9.84 Å². The van der Waals surface area contributed by atoms with E-state index in [4.69, 9.17) is 5.11 Å². The third kappa shape index (κ3) is 3.26. The summed E-state index contributed by atoms with van der Waals surface area (Å²) in [5.74, 6) is -0.290. The average molecular weight is 206 g/mol. The molecule has 1 N–H and O–H groups in total. The van der Waals surface area contributed by atoms with E-state index < -0.39 is 12.5 Å². The first-order chi connectivity index (χ1) is 6.38. The van der Waals surface area contributed by atoms with Crippen LogP contribution in [0, 0.1) is 0 Å². The molecule has 1 atom stereocenters. The zero-order valence-electron chi connectivity index (χ0n) is 7.38. The van der Waals surface area contributed by atoms with Crippen LogP contribution in [0.1, 0.15) is 18.6 Å². The van der Waals surface area contributed by atoms with Gasteiger partial charge in [-0.3, -0.25) is 0 Å². The monoisotopic (exact) mass is 206 g/mol. The molecular weight excluding hydrogens is 197 g/mol. The highest BCUT2D eigenvalue weighted by Gasteiger charge is 2.30. The van der Waals surface area contributed by atoms with Crippen molar-refractivity contribution in [2.75, 3.05) is 0 Å². The van der Waals surface area contributed by atoms with Gasteiger partial charge in [-0.2, -0.15) is 0 Å². The van der Waals surface area contributed by atoms with E-state index >= 15 is 0 Å². The molecule has 14 heavy (non-hydrogen) atoms. The van der Waals surface area contributed by atoms with Crippen molar-refractivity contribution in [2.24, 2.45) is 0 Å². The Balaban J connectivity index is 2.74. The molecule has 0 aliphatic heterocycles. The van der Waals surface area contributed by atoms with Gasteiger partial charge >= 0.3 is 6.36 Å². The Bertz CT molecular complexity index is 290. The molecular formula is C9H9F3O2.